The third-order valence-corrected chi connectivity index (χ3v) is 2.29. The van der Waals surface area contributed by atoms with E-state index in [9.17, 15) is 0 Å². The number of nitrogens with one attached hydrogen (secondary N) is 2. The first-order chi connectivity index (χ1) is 8.55. The molecule has 6 nitrogen and oxygen atoms in total. The summed E-state index contributed by atoms with van der Waals surface area (Å²) in [6.45, 7) is 6.27. The third-order valence-electron chi connectivity index (χ3n) is 2.29. The monoisotopic (exact) mass is 245 g/mol. The number of hydrogen-bond acceptors (Lipinski definition) is 5. The number of aromatic nitrogens is 4. The number of ether oxygens (including phenoxy) is 1. The zero-order valence-corrected chi connectivity index (χ0v) is 10.6. The molecule has 0 aliphatic rings. The molecule has 0 spiro atoms. The summed E-state index contributed by atoms with van der Waals surface area (Å²) in [5.74, 6) is 3.43. The van der Waals surface area contributed by atoms with Crippen molar-refractivity contribution in [2.45, 2.75) is 26.4 Å². The molecule has 0 aromatic carbocycles. The zero-order chi connectivity index (χ0) is 13.2. The van der Waals surface area contributed by atoms with E-state index in [0.717, 1.165) is 0 Å². The number of terminal acetylenes is 1. The Hall–Kier alpha value is -2.29. The van der Waals surface area contributed by atoms with Crippen LogP contribution < -0.4 is 10.1 Å². The molecule has 0 atom stereocenters. The molecular formula is C12H15N5O. The van der Waals surface area contributed by atoms with Gasteiger partial charge in [0.2, 0.25) is 11.8 Å². The number of fused-ring (bicyclic) bond motifs is 1. The van der Waals surface area contributed by atoms with Crippen molar-refractivity contribution >= 4 is 17.1 Å². The van der Waals surface area contributed by atoms with Gasteiger partial charge >= 0.3 is 0 Å². The summed E-state index contributed by atoms with van der Waals surface area (Å²) in [4.78, 5) is 15.6. The lowest BCUT2D eigenvalue weighted by molar-refractivity contribution is 0.167. The minimum atomic E-state index is -0.740. The summed E-state index contributed by atoms with van der Waals surface area (Å²) < 4.78 is 5.71. The Bertz CT molecular complexity index is 596. The zero-order valence-electron chi connectivity index (χ0n) is 10.6. The standard InChI is InChI=1S/C12H15N5O/c1-5-12(3,4)18-10-8-9(15-7-14-8)16-11(17-10)13-6-2/h1,7H,6H2,2-4H3,(H2,13,14,15,16,17). The molecule has 2 N–H and O–H groups in total. The van der Waals surface area contributed by atoms with Gasteiger partial charge in [-0.2, -0.15) is 9.97 Å². The largest absolute Gasteiger partial charge is 0.457 e. The number of anilines is 1. The maximum Gasteiger partial charge on any atom is 0.246 e. The summed E-state index contributed by atoms with van der Waals surface area (Å²) in [5, 5.41) is 3.03. The third kappa shape index (κ3) is 2.35. The van der Waals surface area contributed by atoms with E-state index >= 15 is 0 Å². The summed E-state index contributed by atoms with van der Waals surface area (Å²) >= 11 is 0. The van der Waals surface area contributed by atoms with Crippen LogP contribution in [0.15, 0.2) is 6.33 Å². The molecule has 0 amide bonds. The topological polar surface area (TPSA) is 75.7 Å². The van der Waals surface area contributed by atoms with Gasteiger partial charge in [-0.15, -0.1) is 6.42 Å². The quantitative estimate of drug-likeness (QED) is 0.800. The molecule has 0 fully saturated rings. The lowest BCUT2D eigenvalue weighted by atomic mass is 10.1. The smallest absolute Gasteiger partial charge is 0.246 e. The molecular weight excluding hydrogens is 230 g/mol. The molecule has 0 aliphatic heterocycles. The van der Waals surface area contributed by atoms with Gasteiger partial charge in [0.25, 0.3) is 0 Å². The normalized spacial score (nSPS) is 11.2. The minimum absolute atomic E-state index is 0.399. The highest BCUT2D eigenvalue weighted by atomic mass is 16.5. The van der Waals surface area contributed by atoms with Crippen LogP contribution in [0.2, 0.25) is 0 Å². The number of hydrogen-bond donors (Lipinski definition) is 2. The Kier molecular flexibility index (Phi) is 3.06. The van der Waals surface area contributed by atoms with Crippen LogP contribution in [-0.2, 0) is 0 Å². The van der Waals surface area contributed by atoms with Crippen LogP contribution in [0.3, 0.4) is 0 Å². The highest BCUT2D eigenvalue weighted by Gasteiger charge is 2.20. The second-order valence-electron chi connectivity index (χ2n) is 4.24. The molecule has 0 radical (unpaired) electrons. The van der Waals surface area contributed by atoms with Crippen LogP contribution in [0.5, 0.6) is 5.88 Å². The Labute approximate surface area is 105 Å². The second kappa shape index (κ2) is 4.53. The van der Waals surface area contributed by atoms with Gasteiger partial charge in [-0.1, -0.05) is 5.92 Å². The lowest BCUT2D eigenvalue weighted by Gasteiger charge is -2.19. The van der Waals surface area contributed by atoms with Crippen molar-refractivity contribution < 1.29 is 4.74 Å². The van der Waals surface area contributed by atoms with Crippen molar-refractivity contribution in [1.82, 2.24) is 19.9 Å². The van der Waals surface area contributed by atoms with Crippen LogP contribution >= 0.6 is 0 Å². The van der Waals surface area contributed by atoms with Crippen LogP contribution in [0.1, 0.15) is 20.8 Å². The predicted octanol–water partition coefficient (Wildman–Crippen LogP) is 1.58. The van der Waals surface area contributed by atoms with Gasteiger partial charge in [-0.05, 0) is 20.8 Å². The molecule has 18 heavy (non-hydrogen) atoms. The Balaban J connectivity index is 2.47. The molecule has 0 saturated carbocycles. The van der Waals surface area contributed by atoms with E-state index in [4.69, 9.17) is 11.2 Å². The summed E-state index contributed by atoms with van der Waals surface area (Å²) in [5.41, 5.74) is 0.444. The molecule has 0 bridgehead atoms. The summed E-state index contributed by atoms with van der Waals surface area (Å²) in [7, 11) is 0. The van der Waals surface area contributed by atoms with Crippen molar-refractivity contribution in [3.8, 4) is 18.2 Å². The average Bonchev–Trinajstić information content (AvgIpc) is 2.77. The van der Waals surface area contributed by atoms with Crippen molar-refractivity contribution in [3.63, 3.8) is 0 Å². The number of rotatable bonds is 4. The summed E-state index contributed by atoms with van der Waals surface area (Å²) in [6.07, 6.45) is 6.96. The fourth-order valence-electron chi connectivity index (χ4n) is 1.39. The minimum Gasteiger partial charge on any atom is -0.457 e. The Morgan fingerprint density at radius 2 is 2.28 bits per heavy atom. The van der Waals surface area contributed by atoms with Gasteiger partial charge in [-0.3, -0.25) is 0 Å². The highest BCUT2D eigenvalue weighted by molar-refractivity contribution is 5.77. The number of nitrogens with zero attached hydrogens (tertiary/aromatic N) is 3. The van der Waals surface area contributed by atoms with Crippen LogP contribution in [0, 0.1) is 12.3 Å². The molecule has 2 rings (SSSR count). The van der Waals surface area contributed by atoms with Crippen LogP contribution in [0.4, 0.5) is 5.95 Å². The predicted molar refractivity (Wildman–Crippen MR) is 69.4 cm³/mol. The highest BCUT2D eigenvalue weighted by Crippen LogP contribution is 2.24. The van der Waals surface area contributed by atoms with E-state index in [1.54, 1.807) is 20.2 Å². The van der Waals surface area contributed by atoms with Gasteiger partial charge in [-0.25, -0.2) is 4.98 Å². The molecule has 0 saturated heterocycles. The van der Waals surface area contributed by atoms with E-state index in [-0.39, 0.29) is 0 Å². The Morgan fingerprint density at radius 3 is 2.94 bits per heavy atom. The van der Waals surface area contributed by atoms with E-state index in [2.05, 4.69) is 31.2 Å². The van der Waals surface area contributed by atoms with Crippen molar-refractivity contribution in [2.24, 2.45) is 0 Å². The van der Waals surface area contributed by atoms with Crippen LogP contribution in [0.25, 0.3) is 11.2 Å². The van der Waals surface area contributed by atoms with Crippen molar-refractivity contribution in [1.29, 1.82) is 0 Å². The molecule has 2 aromatic rings. The lowest BCUT2D eigenvalue weighted by Crippen LogP contribution is -2.26. The van der Waals surface area contributed by atoms with Gasteiger partial charge in [0, 0.05) is 6.54 Å². The molecule has 2 heterocycles. The maximum atomic E-state index is 5.71. The molecule has 94 valence electrons. The number of H-pyrrole nitrogens is 1. The van der Waals surface area contributed by atoms with E-state index in [1.807, 2.05) is 6.92 Å². The molecule has 2 aromatic heterocycles. The molecule has 0 unspecified atom stereocenters. The van der Waals surface area contributed by atoms with Crippen LogP contribution in [-0.4, -0.2) is 32.1 Å². The second-order valence-corrected chi connectivity index (χ2v) is 4.24. The van der Waals surface area contributed by atoms with E-state index in [0.29, 0.717) is 29.5 Å². The molecule has 0 aliphatic carbocycles. The maximum absolute atomic E-state index is 5.71. The van der Waals surface area contributed by atoms with Gasteiger partial charge in [0.05, 0.1) is 6.33 Å². The average molecular weight is 245 g/mol. The SMILES string of the molecule is C#CC(C)(C)Oc1nc(NCC)nc2nc[nH]c12. The fourth-order valence-corrected chi connectivity index (χ4v) is 1.39. The first-order valence-electron chi connectivity index (χ1n) is 5.67. The Morgan fingerprint density at radius 1 is 1.50 bits per heavy atom. The fraction of sp³-hybridized carbons (Fsp3) is 0.417. The first kappa shape index (κ1) is 12.2. The first-order valence-corrected chi connectivity index (χ1v) is 5.67. The van der Waals surface area contributed by atoms with Gasteiger partial charge in [0.1, 0.15) is 5.52 Å². The van der Waals surface area contributed by atoms with Crippen molar-refractivity contribution in [2.75, 3.05) is 11.9 Å². The molecule has 6 heteroatoms. The van der Waals surface area contributed by atoms with E-state index < -0.39 is 5.60 Å². The summed E-state index contributed by atoms with van der Waals surface area (Å²) in [6, 6.07) is 0. The van der Waals surface area contributed by atoms with E-state index in [1.165, 1.54) is 0 Å². The number of imidazole rings is 1. The van der Waals surface area contributed by atoms with Gasteiger partial charge < -0.3 is 15.0 Å². The number of aromatic amines is 1. The van der Waals surface area contributed by atoms with Crippen molar-refractivity contribution in [3.05, 3.63) is 6.33 Å². The van der Waals surface area contributed by atoms with Gasteiger partial charge in [0.15, 0.2) is 11.2 Å².